The van der Waals surface area contributed by atoms with Crippen molar-refractivity contribution in [2.75, 3.05) is 12.4 Å². The molecule has 0 radical (unpaired) electrons. The van der Waals surface area contributed by atoms with Gasteiger partial charge in [-0.2, -0.15) is 0 Å². The lowest BCUT2D eigenvalue weighted by atomic mass is 10.1. The van der Waals surface area contributed by atoms with Gasteiger partial charge in [0.1, 0.15) is 5.75 Å². The maximum Gasteiger partial charge on any atom is 0.171 e. The Kier molecular flexibility index (Phi) is 5.17. The average molecular weight is 300 g/mol. The van der Waals surface area contributed by atoms with Crippen LogP contribution in [0, 0.1) is 6.92 Å². The van der Waals surface area contributed by atoms with Crippen molar-refractivity contribution in [2.45, 2.75) is 19.9 Å². The molecule has 0 aromatic heterocycles. The first-order chi connectivity index (χ1) is 10.1. The van der Waals surface area contributed by atoms with E-state index in [0.29, 0.717) is 5.11 Å². The van der Waals surface area contributed by atoms with Gasteiger partial charge in [0.25, 0.3) is 0 Å². The summed E-state index contributed by atoms with van der Waals surface area (Å²) in [6.45, 7) is 4.17. The second-order valence-corrected chi connectivity index (χ2v) is 5.37. The topological polar surface area (TPSA) is 33.3 Å². The fourth-order valence-electron chi connectivity index (χ4n) is 2.00. The van der Waals surface area contributed by atoms with Gasteiger partial charge in [0.2, 0.25) is 0 Å². The summed E-state index contributed by atoms with van der Waals surface area (Å²) in [7, 11) is 1.65. The number of nitrogens with one attached hydrogen (secondary N) is 2. The second-order valence-electron chi connectivity index (χ2n) is 4.96. The lowest BCUT2D eigenvalue weighted by Crippen LogP contribution is -2.30. The summed E-state index contributed by atoms with van der Waals surface area (Å²) in [4.78, 5) is 0. The zero-order valence-corrected chi connectivity index (χ0v) is 13.3. The first-order valence-corrected chi connectivity index (χ1v) is 7.27. The van der Waals surface area contributed by atoms with Crippen LogP contribution in [0.2, 0.25) is 0 Å². The molecule has 3 nitrogen and oxygen atoms in total. The maximum atomic E-state index is 5.35. The third-order valence-corrected chi connectivity index (χ3v) is 3.47. The molecule has 0 unspecified atom stereocenters. The molecule has 0 bridgehead atoms. The van der Waals surface area contributed by atoms with Crippen LogP contribution in [0.5, 0.6) is 5.75 Å². The number of anilines is 1. The van der Waals surface area contributed by atoms with Gasteiger partial charge in [-0.3, -0.25) is 0 Å². The molecule has 4 heteroatoms. The van der Waals surface area contributed by atoms with Gasteiger partial charge in [0.05, 0.1) is 13.2 Å². The summed E-state index contributed by atoms with van der Waals surface area (Å²) in [5.74, 6) is 0.800. The molecule has 0 aliphatic rings. The summed E-state index contributed by atoms with van der Waals surface area (Å²) < 4.78 is 5.19. The fourth-order valence-corrected chi connectivity index (χ4v) is 2.30. The van der Waals surface area contributed by atoms with Crippen LogP contribution >= 0.6 is 12.2 Å². The summed E-state index contributed by atoms with van der Waals surface area (Å²) in [6.07, 6.45) is 0. The van der Waals surface area contributed by atoms with E-state index in [2.05, 4.69) is 48.7 Å². The van der Waals surface area contributed by atoms with Crippen LogP contribution in [0.25, 0.3) is 0 Å². The molecule has 21 heavy (non-hydrogen) atoms. The number of ether oxygens (including phenoxy) is 1. The van der Waals surface area contributed by atoms with Gasteiger partial charge in [-0.05, 0) is 43.8 Å². The predicted octanol–water partition coefficient (Wildman–Crippen LogP) is 4.05. The summed E-state index contributed by atoms with van der Waals surface area (Å²) in [6, 6.07) is 16.3. The highest BCUT2D eigenvalue weighted by molar-refractivity contribution is 7.80. The third kappa shape index (κ3) is 4.46. The number of aryl methyl sites for hydroxylation is 1. The van der Waals surface area contributed by atoms with Gasteiger partial charge in [-0.1, -0.05) is 35.9 Å². The third-order valence-electron chi connectivity index (χ3n) is 3.25. The van der Waals surface area contributed by atoms with E-state index in [1.54, 1.807) is 7.11 Å². The van der Waals surface area contributed by atoms with Gasteiger partial charge in [0.15, 0.2) is 5.11 Å². The minimum Gasteiger partial charge on any atom is -0.497 e. The highest BCUT2D eigenvalue weighted by Crippen LogP contribution is 2.17. The SMILES string of the molecule is COc1cccc(NC(=S)N[C@H](C)c2ccc(C)cc2)c1. The lowest BCUT2D eigenvalue weighted by Gasteiger charge is -2.17. The monoisotopic (exact) mass is 300 g/mol. The number of hydrogen-bond donors (Lipinski definition) is 2. The number of methoxy groups -OCH3 is 1. The Balaban J connectivity index is 1.96. The van der Waals surface area contributed by atoms with Crippen LogP contribution in [0.4, 0.5) is 5.69 Å². The molecular formula is C17H20N2OS. The van der Waals surface area contributed by atoms with E-state index in [9.17, 15) is 0 Å². The molecule has 2 rings (SSSR count). The Morgan fingerprint density at radius 3 is 2.52 bits per heavy atom. The van der Waals surface area contributed by atoms with Crippen molar-refractivity contribution < 1.29 is 4.74 Å². The molecule has 0 heterocycles. The minimum atomic E-state index is 0.149. The molecule has 0 fully saturated rings. The average Bonchev–Trinajstić information content (AvgIpc) is 2.47. The van der Waals surface area contributed by atoms with Crippen molar-refractivity contribution in [3.63, 3.8) is 0 Å². The van der Waals surface area contributed by atoms with E-state index in [1.165, 1.54) is 11.1 Å². The van der Waals surface area contributed by atoms with Gasteiger partial charge in [-0.15, -0.1) is 0 Å². The van der Waals surface area contributed by atoms with Crippen molar-refractivity contribution in [3.05, 3.63) is 59.7 Å². The fraction of sp³-hybridized carbons (Fsp3) is 0.235. The van der Waals surface area contributed by atoms with E-state index < -0.39 is 0 Å². The summed E-state index contributed by atoms with van der Waals surface area (Å²) in [5.41, 5.74) is 3.36. The Hall–Kier alpha value is -2.07. The first-order valence-electron chi connectivity index (χ1n) is 6.86. The molecule has 110 valence electrons. The van der Waals surface area contributed by atoms with Crippen LogP contribution in [0.1, 0.15) is 24.1 Å². The van der Waals surface area contributed by atoms with E-state index in [-0.39, 0.29) is 6.04 Å². The van der Waals surface area contributed by atoms with E-state index in [0.717, 1.165) is 11.4 Å². The van der Waals surface area contributed by atoms with E-state index in [1.807, 2.05) is 24.3 Å². The van der Waals surface area contributed by atoms with Crippen LogP contribution in [-0.4, -0.2) is 12.2 Å². The molecule has 0 amide bonds. The van der Waals surface area contributed by atoms with Gasteiger partial charge in [0, 0.05) is 11.8 Å². The zero-order valence-electron chi connectivity index (χ0n) is 12.5. The quantitative estimate of drug-likeness (QED) is 0.835. The predicted molar refractivity (Wildman–Crippen MR) is 91.9 cm³/mol. The van der Waals surface area contributed by atoms with Gasteiger partial charge in [-0.25, -0.2) is 0 Å². The summed E-state index contributed by atoms with van der Waals surface area (Å²) in [5, 5.41) is 7.04. The zero-order chi connectivity index (χ0) is 15.2. The van der Waals surface area contributed by atoms with Crippen molar-refractivity contribution in [2.24, 2.45) is 0 Å². The Bertz CT molecular complexity index is 610. The number of rotatable bonds is 4. The van der Waals surface area contributed by atoms with Crippen molar-refractivity contribution >= 4 is 23.0 Å². The van der Waals surface area contributed by atoms with Crippen LogP contribution in [0.15, 0.2) is 48.5 Å². The molecule has 0 saturated carbocycles. The van der Waals surface area contributed by atoms with E-state index >= 15 is 0 Å². The van der Waals surface area contributed by atoms with E-state index in [4.69, 9.17) is 17.0 Å². The standard InChI is InChI=1S/C17H20N2OS/c1-12-7-9-14(10-8-12)13(2)18-17(21)19-15-5-4-6-16(11-15)20-3/h4-11,13H,1-3H3,(H2,18,19,21)/t13-/m1/s1. The molecular weight excluding hydrogens is 280 g/mol. The van der Waals surface area contributed by atoms with Gasteiger partial charge >= 0.3 is 0 Å². The normalized spacial score (nSPS) is 11.6. The van der Waals surface area contributed by atoms with Crippen molar-refractivity contribution in [1.29, 1.82) is 0 Å². The van der Waals surface area contributed by atoms with Crippen LogP contribution in [-0.2, 0) is 0 Å². The molecule has 1 atom stereocenters. The Morgan fingerprint density at radius 1 is 1.14 bits per heavy atom. The van der Waals surface area contributed by atoms with Crippen molar-refractivity contribution in [1.82, 2.24) is 5.32 Å². The maximum absolute atomic E-state index is 5.35. The van der Waals surface area contributed by atoms with Crippen molar-refractivity contribution in [3.8, 4) is 5.75 Å². The molecule has 2 N–H and O–H groups in total. The highest BCUT2D eigenvalue weighted by atomic mass is 32.1. The van der Waals surface area contributed by atoms with Crippen LogP contribution in [0.3, 0.4) is 0 Å². The minimum absolute atomic E-state index is 0.149. The number of thiocarbonyl (C=S) groups is 1. The molecule has 0 saturated heterocycles. The molecule has 0 aliphatic heterocycles. The molecule has 0 spiro atoms. The lowest BCUT2D eigenvalue weighted by molar-refractivity contribution is 0.415. The van der Waals surface area contributed by atoms with Gasteiger partial charge < -0.3 is 15.4 Å². The summed E-state index contributed by atoms with van der Waals surface area (Å²) >= 11 is 5.35. The Labute approximate surface area is 131 Å². The number of benzene rings is 2. The molecule has 2 aromatic rings. The highest BCUT2D eigenvalue weighted by Gasteiger charge is 2.07. The first kappa shape index (κ1) is 15.3. The smallest absolute Gasteiger partial charge is 0.171 e. The largest absolute Gasteiger partial charge is 0.497 e. The van der Waals surface area contributed by atoms with Crippen LogP contribution < -0.4 is 15.4 Å². The molecule has 2 aromatic carbocycles. The second kappa shape index (κ2) is 7.09. The Morgan fingerprint density at radius 2 is 1.86 bits per heavy atom. The molecule has 0 aliphatic carbocycles. The number of hydrogen-bond acceptors (Lipinski definition) is 2.